The summed E-state index contributed by atoms with van der Waals surface area (Å²) >= 11 is 1.60. The first-order chi connectivity index (χ1) is 11.6. The molecule has 24 heavy (non-hydrogen) atoms. The summed E-state index contributed by atoms with van der Waals surface area (Å²) in [6.07, 6.45) is 3.43. The van der Waals surface area contributed by atoms with Gasteiger partial charge in [-0.05, 0) is 44.7 Å². The smallest absolute Gasteiger partial charge is 0.240 e. The minimum atomic E-state index is -0.685. The summed E-state index contributed by atoms with van der Waals surface area (Å²) in [4.78, 5) is 13.2. The third-order valence-electron chi connectivity index (χ3n) is 4.09. The van der Waals surface area contributed by atoms with E-state index < -0.39 is 5.54 Å². The molecule has 0 bridgehead atoms. The van der Waals surface area contributed by atoms with Gasteiger partial charge in [0.15, 0.2) is 0 Å². The molecule has 1 unspecified atom stereocenters. The van der Waals surface area contributed by atoms with Gasteiger partial charge in [0.2, 0.25) is 5.91 Å². The fourth-order valence-corrected chi connectivity index (χ4v) is 3.70. The summed E-state index contributed by atoms with van der Waals surface area (Å²) in [6, 6.07) is 12.2. The second kappa shape index (κ2) is 8.61. The number of rotatable bonds is 7. The number of para-hydroxylation sites is 1. The van der Waals surface area contributed by atoms with Crippen LogP contribution in [0, 0.1) is 28.6 Å². The third-order valence-corrected chi connectivity index (χ3v) is 5.42. The largest absolute Gasteiger partial charge is 0.375 e. The van der Waals surface area contributed by atoms with Crippen molar-refractivity contribution in [3.63, 3.8) is 0 Å². The van der Waals surface area contributed by atoms with E-state index in [1.165, 1.54) is 0 Å². The molecule has 1 saturated carbocycles. The van der Waals surface area contributed by atoms with Crippen molar-refractivity contribution in [2.45, 2.75) is 43.0 Å². The number of nitrogens with zero attached hydrogens (tertiary/aromatic N) is 2. The third kappa shape index (κ3) is 4.91. The van der Waals surface area contributed by atoms with Crippen LogP contribution < -0.4 is 10.6 Å². The molecule has 0 saturated heterocycles. The number of nitriles is 2. The summed E-state index contributed by atoms with van der Waals surface area (Å²) in [5.41, 5.74) is 0.190. The Kier molecular flexibility index (Phi) is 6.52. The number of carbonyl (C=O) groups excluding carboxylic acids is 1. The van der Waals surface area contributed by atoms with E-state index >= 15 is 0 Å². The van der Waals surface area contributed by atoms with E-state index in [9.17, 15) is 10.1 Å². The van der Waals surface area contributed by atoms with E-state index in [2.05, 4.69) is 22.8 Å². The molecule has 0 aliphatic heterocycles. The molecule has 1 fully saturated rings. The molecular weight excluding hydrogens is 320 g/mol. The first kappa shape index (κ1) is 18.2. The van der Waals surface area contributed by atoms with Gasteiger partial charge in [0, 0.05) is 16.3 Å². The summed E-state index contributed by atoms with van der Waals surface area (Å²) in [6.45, 7) is 2.02. The Hall–Kier alpha value is -2.18. The predicted octanol–water partition coefficient (Wildman–Crippen LogP) is 3.30. The van der Waals surface area contributed by atoms with Crippen LogP contribution in [0.5, 0.6) is 0 Å². The number of amides is 1. The van der Waals surface area contributed by atoms with Crippen LogP contribution in [0.3, 0.4) is 0 Å². The highest BCUT2D eigenvalue weighted by molar-refractivity contribution is 7.99. The number of hydrogen-bond donors (Lipinski definition) is 2. The molecule has 126 valence electrons. The van der Waals surface area contributed by atoms with Crippen LogP contribution in [0.1, 0.15) is 32.6 Å². The highest BCUT2D eigenvalue weighted by Crippen LogP contribution is 2.30. The Balaban J connectivity index is 1.91. The average Bonchev–Trinajstić information content (AvgIpc) is 3.07. The van der Waals surface area contributed by atoms with Crippen molar-refractivity contribution in [2.24, 2.45) is 5.92 Å². The first-order valence-corrected chi connectivity index (χ1v) is 9.15. The molecule has 1 aromatic carbocycles. The van der Waals surface area contributed by atoms with E-state index in [1.807, 2.05) is 31.2 Å². The van der Waals surface area contributed by atoms with Gasteiger partial charge in [0.25, 0.3) is 0 Å². The molecule has 2 N–H and O–H groups in total. The van der Waals surface area contributed by atoms with E-state index in [1.54, 1.807) is 11.8 Å². The van der Waals surface area contributed by atoms with Gasteiger partial charge in [-0.15, -0.1) is 11.8 Å². The lowest BCUT2D eigenvalue weighted by molar-refractivity contribution is -0.120. The zero-order valence-electron chi connectivity index (χ0n) is 13.8. The standard InChI is InChI=1S/C18H22N4OS/c1-14(10-19)12-24-16-7-3-2-6-15(16)21-11-17(23)22-18(13-20)8-4-5-9-18/h2-3,6-7,14,21H,4-5,8-9,11-12H2,1H3,(H,22,23). The molecule has 1 aliphatic rings. The summed E-state index contributed by atoms with van der Waals surface area (Å²) in [5.74, 6) is 0.520. The molecule has 0 spiro atoms. The van der Waals surface area contributed by atoms with Gasteiger partial charge in [0.1, 0.15) is 5.54 Å². The predicted molar refractivity (Wildman–Crippen MR) is 95.4 cm³/mol. The SMILES string of the molecule is CC(C#N)CSc1ccccc1NCC(=O)NC1(C#N)CCCC1. The number of hydrogen-bond acceptors (Lipinski definition) is 5. The van der Waals surface area contributed by atoms with Gasteiger partial charge < -0.3 is 10.6 Å². The Morgan fingerprint density at radius 2 is 2.04 bits per heavy atom. The molecule has 2 rings (SSSR count). The lowest BCUT2D eigenvalue weighted by atomic mass is 10.00. The number of benzene rings is 1. The Morgan fingerprint density at radius 3 is 2.71 bits per heavy atom. The van der Waals surface area contributed by atoms with Crippen molar-refractivity contribution in [3.8, 4) is 12.1 Å². The summed E-state index contributed by atoms with van der Waals surface area (Å²) in [7, 11) is 0. The van der Waals surface area contributed by atoms with Gasteiger partial charge in [-0.2, -0.15) is 10.5 Å². The lowest BCUT2D eigenvalue weighted by Gasteiger charge is -2.22. The van der Waals surface area contributed by atoms with Crippen molar-refractivity contribution < 1.29 is 4.79 Å². The van der Waals surface area contributed by atoms with Crippen LogP contribution in [0.15, 0.2) is 29.2 Å². The molecule has 0 heterocycles. The van der Waals surface area contributed by atoms with Crippen molar-refractivity contribution in [3.05, 3.63) is 24.3 Å². The Labute approximate surface area is 147 Å². The lowest BCUT2D eigenvalue weighted by Crippen LogP contribution is -2.47. The van der Waals surface area contributed by atoms with E-state index in [4.69, 9.17) is 5.26 Å². The number of anilines is 1. The molecule has 0 radical (unpaired) electrons. The van der Waals surface area contributed by atoms with Crippen molar-refractivity contribution in [1.82, 2.24) is 5.32 Å². The quantitative estimate of drug-likeness (QED) is 0.742. The van der Waals surface area contributed by atoms with Gasteiger partial charge in [-0.1, -0.05) is 12.1 Å². The molecule has 1 amide bonds. The molecular formula is C18H22N4OS. The van der Waals surface area contributed by atoms with Gasteiger partial charge in [-0.3, -0.25) is 4.79 Å². The fraction of sp³-hybridized carbons (Fsp3) is 0.500. The molecule has 0 aromatic heterocycles. The van der Waals surface area contributed by atoms with Crippen LogP contribution in [0.25, 0.3) is 0 Å². The summed E-state index contributed by atoms with van der Waals surface area (Å²) < 4.78 is 0. The van der Waals surface area contributed by atoms with E-state index in [0.29, 0.717) is 5.75 Å². The first-order valence-electron chi connectivity index (χ1n) is 8.16. The fourth-order valence-electron chi connectivity index (χ4n) is 2.72. The molecule has 1 aromatic rings. The maximum Gasteiger partial charge on any atom is 0.240 e. The van der Waals surface area contributed by atoms with Crippen molar-refractivity contribution in [2.75, 3.05) is 17.6 Å². The molecule has 1 atom stereocenters. The summed E-state index contributed by atoms with van der Waals surface area (Å²) in [5, 5.41) is 24.2. The second-order valence-electron chi connectivity index (χ2n) is 6.14. The monoisotopic (exact) mass is 342 g/mol. The average molecular weight is 342 g/mol. The normalized spacial score (nSPS) is 16.6. The topological polar surface area (TPSA) is 88.7 Å². The van der Waals surface area contributed by atoms with Crippen LogP contribution in [-0.4, -0.2) is 23.7 Å². The second-order valence-corrected chi connectivity index (χ2v) is 7.20. The maximum atomic E-state index is 12.2. The highest BCUT2D eigenvalue weighted by Gasteiger charge is 2.35. The maximum absolute atomic E-state index is 12.2. The zero-order chi connectivity index (χ0) is 17.4. The highest BCUT2D eigenvalue weighted by atomic mass is 32.2. The minimum Gasteiger partial charge on any atom is -0.375 e. The molecule has 1 aliphatic carbocycles. The molecule has 5 nitrogen and oxygen atoms in total. The van der Waals surface area contributed by atoms with Crippen LogP contribution in [0.4, 0.5) is 5.69 Å². The van der Waals surface area contributed by atoms with Crippen LogP contribution >= 0.6 is 11.8 Å². The van der Waals surface area contributed by atoms with E-state index in [0.717, 1.165) is 36.3 Å². The van der Waals surface area contributed by atoms with Crippen LogP contribution in [-0.2, 0) is 4.79 Å². The van der Waals surface area contributed by atoms with Crippen molar-refractivity contribution >= 4 is 23.4 Å². The molecule has 6 heteroatoms. The number of nitrogens with one attached hydrogen (secondary N) is 2. The zero-order valence-corrected chi connectivity index (χ0v) is 14.7. The van der Waals surface area contributed by atoms with Gasteiger partial charge in [0.05, 0.1) is 24.6 Å². The van der Waals surface area contributed by atoms with Gasteiger partial charge in [-0.25, -0.2) is 0 Å². The van der Waals surface area contributed by atoms with Crippen molar-refractivity contribution in [1.29, 1.82) is 10.5 Å². The Bertz CT molecular complexity index is 656. The number of carbonyl (C=O) groups is 1. The minimum absolute atomic E-state index is 0.0239. The van der Waals surface area contributed by atoms with Crippen LogP contribution in [0.2, 0.25) is 0 Å². The Morgan fingerprint density at radius 1 is 1.33 bits per heavy atom. The van der Waals surface area contributed by atoms with Gasteiger partial charge >= 0.3 is 0 Å². The number of thioether (sulfide) groups is 1. The van der Waals surface area contributed by atoms with E-state index in [-0.39, 0.29) is 18.4 Å².